The van der Waals surface area contributed by atoms with E-state index in [1.807, 2.05) is 0 Å². The van der Waals surface area contributed by atoms with E-state index in [4.69, 9.17) is 10.8 Å². The number of hydrogen-bond acceptors (Lipinski definition) is 3. The van der Waals surface area contributed by atoms with Crippen molar-refractivity contribution < 1.29 is 27.9 Å². The molecule has 0 saturated carbocycles. The zero-order chi connectivity index (χ0) is 12.8. The van der Waals surface area contributed by atoms with E-state index in [0.717, 1.165) is 0 Å². The molecular formula is C8H13F3N2O3. The molecule has 8 heteroatoms. The van der Waals surface area contributed by atoms with E-state index in [-0.39, 0.29) is 19.4 Å². The first-order chi connectivity index (χ1) is 7.25. The number of primary amides is 1. The molecule has 0 radical (unpaired) electrons. The third-order valence-electron chi connectivity index (χ3n) is 1.82. The second-order valence-electron chi connectivity index (χ2n) is 3.21. The summed E-state index contributed by atoms with van der Waals surface area (Å²) < 4.78 is 36.3. The minimum Gasteiger partial charge on any atom is -0.481 e. The summed E-state index contributed by atoms with van der Waals surface area (Å²) in [6.45, 7) is -0.597. The fraction of sp³-hybridized carbons (Fsp3) is 0.750. The number of carbonyl (C=O) groups excluding carboxylic acids is 1. The van der Waals surface area contributed by atoms with Crippen LogP contribution in [0.2, 0.25) is 0 Å². The number of carboxylic acids is 1. The molecule has 1 unspecified atom stereocenters. The van der Waals surface area contributed by atoms with Crippen molar-refractivity contribution in [2.24, 2.45) is 11.7 Å². The lowest BCUT2D eigenvalue weighted by Gasteiger charge is -2.16. The highest BCUT2D eigenvalue weighted by Gasteiger charge is 2.44. The van der Waals surface area contributed by atoms with E-state index < -0.39 is 30.5 Å². The normalized spacial score (nSPS) is 13.4. The molecule has 1 amide bonds. The summed E-state index contributed by atoms with van der Waals surface area (Å²) >= 11 is 0. The number of alkyl halides is 3. The largest absolute Gasteiger partial charge is 0.481 e. The van der Waals surface area contributed by atoms with Gasteiger partial charge < -0.3 is 16.2 Å². The molecule has 0 bridgehead atoms. The fourth-order valence-corrected chi connectivity index (χ4v) is 0.977. The van der Waals surface area contributed by atoms with Gasteiger partial charge in [0, 0.05) is 13.0 Å². The molecule has 1 atom stereocenters. The third-order valence-corrected chi connectivity index (χ3v) is 1.82. The first-order valence-electron chi connectivity index (χ1n) is 4.53. The summed E-state index contributed by atoms with van der Waals surface area (Å²) in [6.07, 6.45) is -4.45. The number of halogens is 3. The van der Waals surface area contributed by atoms with Crippen LogP contribution in [-0.4, -0.2) is 36.2 Å². The summed E-state index contributed by atoms with van der Waals surface area (Å²) in [7, 11) is 0. The van der Waals surface area contributed by atoms with Gasteiger partial charge in [-0.25, -0.2) is 0 Å². The van der Waals surface area contributed by atoms with Crippen molar-refractivity contribution in [3.05, 3.63) is 0 Å². The number of aliphatic carboxylic acids is 1. The highest BCUT2D eigenvalue weighted by atomic mass is 19.4. The van der Waals surface area contributed by atoms with Crippen molar-refractivity contribution in [3.8, 4) is 0 Å². The number of hydrogen-bond donors (Lipinski definition) is 3. The lowest BCUT2D eigenvalue weighted by Crippen LogP contribution is -2.39. The number of carbonyl (C=O) groups is 2. The average molecular weight is 242 g/mol. The van der Waals surface area contributed by atoms with Crippen LogP contribution in [0.3, 0.4) is 0 Å². The smallest absolute Gasteiger partial charge is 0.403 e. The zero-order valence-electron chi connectivity index (χ0n) is 8.38. The monoisotopic (exact) mass is 242 g/mol. The van der Waals surface area contributed by atoms with Gasteiger partial charge in [-0.1, -0.05) is 0 Å². The van der Waals surface area contributed by atoms with Crippen LogP contribution in [0.1, 0.15) is 12.8 Å². The van der Waals surface area contributed by atoms with Gasteiger partial charge in [-0.2, -0.15) is 13.2 Å². The predicted octanol–water partition coefficient (Wildman–Crippen LogP) is 0.105. The van der Waals surface area contributed by atoms with E-state index in [0.29, 0.717) is 0 Å². The summed E-state index contributed by atoms with van der Waals surface area (Å²) in [5, 5.41) is 10.6. The first kappa shape index (κ1) is 14.7. The van der Waals surface area contributed by atoms with Gasteiger partial charge in [0.15, 0.2) is 5.92 Å². The summed E-state index contributed by atoms with van der Waals surface area (Å²) in [5.41, 5.74) is 4.81. The minimum absolute atomic E-state index is 0.0523. The van der Waals surface area contributed by atoms with Crippen molar-refractivity contribution in [3.63, 3.8) is 0 Å². The first-order valence-corrected chi connectivity index (χ1v) is 4.53. The Morgan fingerprint density at radius 2 is 1.94 bits per heavy atom. The van der Waals surface area contributed by atoms with Gasteiger partial charge in [0.2, 0.25) is 5.91 Å². The van der Waals surface area contributed by atoms with Crippen LogP contribution >= 0.6 is 0 Å². The van der Waals surface area contributed by atoms with Crippen molar-refractivity contribution >= 4 is 11.9 Å². The molecule has 0 spiro atoms. The highest BCUT2D eigenvalue weighted by Crippen LogP contribution is 2.25. The van der Waals surface area contributed by atoms with Gasteiger partial charge in [0.1, 0.15) is 0 Å². The Kier molecular flexibility index (Phi) is 5.79. The van der Waals surface area contributed by atoms with Crippen LogP contribution in [0.15, 0.2) is 0 Å². The molecule has 0 heterocycles. The average Bonchev–Trinajstić information content (AvgIpc) is 2.07. The maximum Gasteiger partial charge on any atom is 0.403 e. The van der Waals surface area contributed by atoms with Crippen LogP contribution in [0.4, 0.5) is 13.2 Å². The van der Waals surface area contributed by atoms with Crippen molar-refractivity contribution in [2.75, 3.05) is 13.1 Å². The molecule has 4 N–H and O–H groups in total. The molecular weight excluding hydrogens is 229 g/mol. The number of nitrogens with one attached hydrogen (secondary N) is 1. The van der Waals surface area contributed by atoms with E-state index >= 15 is 0 Å². The molecule has 94 valence electrons. The second-order valence-corrected chi connectivity index (χ2v) is 3.21. The van der Waals surface area contributed by atoms with Crippen LogP contribution < -0.4 is 11.1 Å². The topological polar surface area (TPSA) is 92.4 Å². The minimum atomic E-state index is -4.78. The van der Waals surface area contributed by atoms with Gasteiger partial charge >= 0.3 is 12.1 Å². The summed E-state index contributed by atoms with van der Waals surface area (Å²) in [4.78, 5) is 20.6. The van der Waals surface area contributed by atoms with Gasteiger partial charge in [0.05, 0.1) is 0 Å². The van der Waals surface area contributed by atoms with E-state index in [1.54, 1.807) is 0 Å². The van der Waals surface area contributed by atoms with E-state index in [2.05, 4.69) is 5.32 Å². The Bertz CT molecular complexity index is 255. The number of amides is 1. The summed E-state index contributed by atoms with van der Waals surface area (Å²) in [5.74, 6) is -4.90. The van der Waals surface area contributed by atoms with Crippen molar-refractivity contribution in [1.82, 2.24) is 5.32 Å². The Morgan fingerprint density at radius 3 is 2.31 bits per heavy atom. The highest BCUT2D eigenvalue weighted by molar-refractivity contribution is 5.73. The van der Waals surface area contributed by atoms with Crippen LogP contribution in [0, 0.1) is 5.92 Å². The Balaban J connectivity index is 3.87. The molecule has 5 nitrogen and oxygen atoms in total. The molecule has 0 aliphatic heterocycles. The zero-order valence-corrected chi connectivity index (χ0v) is 8.38. The SMILES string of the molecule is NC(=O)CCCNCC(C(=O)O)C(F)(F)F. The second kappa shape index (κ2) is 6.31. The fourth-order valence-electron chi connectivity index (χ4n) is 0.977. The Labute approximate surface area is 89.8 Å². The molecule has 0 fully saturated rings. The summed E-state index contributed by atoms with van der Waals surface area (Å²) in [6, 6.07) is 0. The van der Waals surface area contributed by atoms with Crippen LogP contribution in [-0.2, 0) is 9.59 Å². The maximum absolute atomic E-state index is 12.1. The molecule has 0 aromatic rings. The van der Waals surface area contributed by atoms with Gasteiger partial charge in [-0.05, 0) is 13.0 Å². The molecule has 0 saturated heterocycles. The van der Waals surface area contributed by atoms with Gasteiger partial charge in [0.25, 0.3) is 0 Å². The molecule has 0 aromatic heterocycles. The van der Waals surface area contributed by atoms with Gasteiger partial charge in [-0.15, -0.1) is 0 Å². The lowest BCUT2D eigenvalue weighted by atomic mass is 10.1. The number of rotatable bonds is 7. The lowest BCUT2D eigenvalue weighted by molar-refractivity contribution is -0.192. The van der Waals surface area contributed by atoms with Crippen LogP contribution in [0.5, 0.6) is 0 Å². The quantitative estimate of drug-likeness (QED) is 0.552. The molecule has 0 rings (SSSR count). The Morgan fingerprint density at radius 1 is 1.38 bits per heavy atom. The Hall–Kier alpha value is -1.31. The number of nitrogens with two attached hydrogens (primary N) is 1. The predicted molar refractivity (Wildman–Crippen MR) is 48.5 cm³/mol. The third kappa shape index (κ3) is 6.23. The van der Waals surface area contributed by atoms with Crippen molar-refractivity contribution in [1.29, 1.82) is 0 Å². The van der Waals surface area contributed by atoms with Crippen molar-refractivity contribution in [2.45, 2.75) is 19.0 Å². The number of carboxylic acid groups (broad SMARTS) is 1. The molecule has 0 aromatic carbocycles. The van der Waals surface area contributed by atoms with Gasteiger partial charge in [-0.3, -0.25) is 9.59 Å². The van der Waals surface area contributed by atoms with E-state index in [9.17, 15) is 22.8 Å². The standard InChI is InChI=1S/C8H13F3N2O3/c9-8(10,11)5(7(15)16)4-13-3-1-2-6(12)14/h5,13H,1-4H2,(H2,12,14)(H,15,16). The van der Waals surface area contributed by atoms with E-state index in [1.165, 1.54) is 0 Å². The maximum atomic E-state index is 12.1. The van der Waals surface area contributed by atoms with Crippen LogP contribution in [0.25, 0.3) is 0 Å². The molecule has 0 aliphatic carbocycles. The molecule has 16 heavy (non-hydrogen) atoms. The molecule has 0 aliphatic rings.